The second kappa shape index (κ2) is 17.8. The molecule has 0 bridgehead atoms. The first-order valence-electron chi connectivity index (χ1n) is 22.6. The fourth-order valence-electron chi connectivity index (χ4n) is 9.58. The molecule has 0 saturated carbocycles. The Bertz CT molecular complexity index is 3270. The van der Waals surface area contributed by atoms with Gasteiger partial charge in [0.15, 0.2) is 11.6 Å². The van der Waals surface area contributed by atoms with Crippen molar-refractivity contribution < 1.29 is 0 Å². The summed E-state index contributed by atoms with van der Waals surface area (Å²) in [5, 5.41) is 2.28. The van der Waals surface area contributed by atoms with Crippen molar-refractivity contribution in [2.45, 2.75) is 41.5 Å². The molecule has 0 aliphatic heterocycles. The van der Waals surface area contributed by atoms with Gasteiger partial charge in [0.25, 0.3) is 0 Å². The number of hydrogen-bond donors (Lipinski definition) is 0. The predicted octanol–water partition coefficient (Wildman–Crippen LogP) is 16.5. The van der Waals surface area contributed by atoms with Gasteiger partial charge in [-0.3, -0.25) is 4.90 Å². The SMILES string of the molecule is Cc1cc(C)c(N(c2ccc(N(c3nc(-c4cccc(-c5ccccc5)c4)nc(-c4ccc5ccccc5c4)n3)c3ccccc3-c3ccccc3)cc2)c2c(C)cc(C)cc2C)c(C)c1. The Morgan fingerprint density at radius 2 is 0.788 bits per heavy atom. The van der Waals surface area contributed by atoms with Gasteiger partial charge in [-0.2, -0.15) is 9.97 Å². The van der Waals surface area contributed by atoms with Gasteiger partial charge in [-0.15, -0.1) is 0 Å². The molecule has 0 aliphatic rings. The van der Waals surface area contributed by atoms with E-state index in [9.17, 15) is 0 Å². The monoisotopic (exact) mass is 853 g/mol. The molecule has 1 aromatic heterocycles. The maximum atomic E-state index is 5.42. The zero-order chi connectivity index (χ0) is 45.3. The van der Waals surface area contributed by atoms with Gasteiger partial charge in [-0.1, -0.05) is 169 Å². The highest BCUT2D eigenvalue weighted by molar-refractivity contribution is 5.90. The van der Waals surface area contributed by atoms with Gasteiger partial charge < -0.3 is 4.90 Å². The van der Waals surface area contributed by atoms with Crippen LogP contribution < -0.4 is 9.80 Å². The standard InChI is InChI=1S/C61H51N5/c1-40-34-42(3)57(43(4)35-40)66(58-44(5)36-41(2)37-45(58)6)54-32-30-53(31-33-54)65(56-27-16-15-26-55(56)48-21-11-8-12-22-48)61-63-59(51-25-17-24-50(38-51)46-18-9-7-10-19-46)62-60(64-61)52-29-28-47-20-13-14-23-49(47)39-52/h7-39H,1-6H3. The summed E-state index contributed by atoms with van der Waals surface area (Å²) in [6.45, 7) is 13.2. The smallest absolute Gasteiger partial charge is 0.238 e. The molecule has 10 rings (SSSR count). The van der Waals surface area contributed by atoms with Crippen LogP contribution in [0.5, 0.6) is 0 Å². The van der Waals surface area contributed by atoms with Gasteiger partial charge in [0.05, 0.1) is 17.1 Å². The van der Waals surface area contributed by atoms with Crippen molar-refractivity contribution in [1.29, 1.82) is 0 Å². The zero-order valence-corrected chi connectivity index (χ0v) is 38.3. The van der Waals surface area contributed by atoms with E-state index in [-0.39, 0.29) is 0 Å². The highest BCUT2D eigenvalue weighted by Crippen LogP contribution is 2.45. The average molecular weight is 854 g/mol. The molecule has 0 amide bonds. The second-order valence-electron chi connectivity index (χ2n) is 17.4. The minimum atomic E-state index is 0.511. The number of aryl methyl sites for hydroxylation is 6. The molecule has 0 N–H and O–H groups in total. The van der Waals surface area contributed by atoms with Crippen LogP contribution in [0.25, 0.3) is 55.8 Å². The van der Waals surface area contributed by atoms with E-state index in [1.54, 1.807) is 0 Å². The van der Waals surface area contributed by atoms with E-state index in [2.05, 4.69) is 245 Å². The molecule has 0 spiro atoms. The third-order valence-corrected chi connectivity index (χ3v) is 12.4. The number of anilines is 6. The molecule has 0 aliphatic carbocycles. The summed E-state index contributed by atoms with van der Waals surface area (Å²) in [4.78, 5) is 20.7. The lowest BCUT2D eigenvalue weighted by atomic mass is 9.98. The van der Waals surface area contributed by atoms with Gasteiger partial charge in [-0.25, -0.2) is 4.98 Å². The van der Waals surface area contributed by atoms with Crippen LogP contribution in [0, 0.1) is 41.5 Å². The fourth-order valence-corrected chi connectivity index (χ4v) is 9.58. The van der Waals surface area contributed by atoms with Crippen molar-refractivity contribution in [2.75, 3.05) is 9.80 Å². The van der Waals surface area contributed by atoms with Crippen molar-refractivity contribution in [1.82, 2.24) is 15.0 Å². The Kier molecular flexibility index (Phi) is 11.3. The molecule has 9 aromatic carbocycles. The number of benzene rings is 9. The van der Waals surface area contributed by atoms with E-state index in [0.29, 0.717) is 17.6 Å². The normalized spacial score (nSPS) is 11.2. The molecule has 10 aromatic rings. The van der Waals surface area contributed by atoms with Gasteiger partial charge in [0, 0.05) is 28.1 Å². The molecule has 0 unspecified atom stereocenters. The summed E-state index contributed by atoms with van der Waals surface area (Å²) in [7, 11) is 0. The van der Waals surface area contributed by atoms with E-state index in [0.717, 1.165) is 61.2 Å². The molecule has 0 saturated heterocycles. The Morgan fingerprint density at radius 1 is 0.318 bits per heavy atom. The van der Waals surface area contributed by atoms with Crippen molar-refractivity contribution in [3.63, 3.8) is 0 Å². The third-order valence-electron chi connectivity index (χ3n) is 12.4. The molecular formula is C61H51N5. The maximum absolute atomic E-state index is 5.42. The quantitative estimate of drug-likeness (QED) is 0.137. The molecule has 5 heteroatoms. The van der Waals surface area contributed by atoms with Crippen molar-refractivity contribution >= 4 is 45.2 Å². The van der Waals surface area contributed by atoms with E-state index in [1.165, 1.54) is 44.8 Å². The third kappa shape index (κ3) is 8.23. The minimum Gasteiger partial charge on any atom is -0.309 e. The highest BCUT2D eigenvalue weighted by Gasteiger charge is 2.25. The Morgan fingerprint density at radius 3 is 1.39 bits per heavy atom. The lowest BCUT2D eigenvalue weighted by molar-refractivity contribution is 1.02. The van der Waals surface area contributed by atoms with Crippen molar-refractivity contribution in [2.24, 2.45) is 0 Å². The number of fused-ring (bicyclic) bond motifs is 1. The molecule has 320 valence electrons. The number of hydrogen-bond acceptors (Lipinski definition) is 5. The van der Waals surface area contributed by atoms with Crippen LogP contribution in [0.1, 0.15) is 33.4 Å². The first-order chi connectivity index (χ1) is 32.2. The summed E-state index contributed by atoms with van der Waals surface area (Å²) >= 11 is 0. The van der Waals surface area contributed by atoms with Crippen LogP contribution in [-0.2, 0) is 0 Å². The Balaban J connectivity index is 1.20. The molecule has 1 heterocycles. The summed E-state index contributed by atoms with van der Waals surface area (Å²) in [5.74, 6) is 1.68. The van der Waals surface area contributed by atoms with Crippen molar-refractivity contribution in [3.8, 4) is 45.0 Å². The van der Waals surface area contributed by atoms with Crippen LogP contribution in [0.4, 0.5) is 34.4 Å². The first kappa shape index (κ1) is 41.8. The zero-order valence-electron chi connectivity index (χ0n) is 38.3. The topological polar surface area (TPSA) is 45.2 Å². The van der Waals surface area contributed by atoms with Crippen LogP contribution in [-0.4, -0.2) is 15.0 Å². The Hall–Kier alpha value is -8.15. The fraction of sp³-hybridized carbons (Fsp3) is 0.0984. The summed E-state index contributed by atoms with van der Waals surface area (Å²) in [5.41, 5.74) is 18.9. The Labute approximate surface area is 388 Å². The average Bonchev–Trinajstić information content (AvgIpc) is 3.34. The summed E-state index contributed by atoms with van der Waals surface area (Å²) < 4.78 is 0. The van der Waals surface area contributed by atoms with Crippen LogP contribution in [0.15, 0.2) is 200 Å². The van der Waals surface area contributed by atoms with Gasteiger partial charge in [-0.05, 0) is 134 Å². The van der Waals surface area contributed by atoms with Crippen molar-refractivity contribution in [3.05, 3.63) is 234 Å². The van der Waals surface area contributed by atoms with Gasteiger partial charge >= 0.3 is 0 Å². The number of para-hydroxylation sites is 1. The lowest BCUT2D eigenvalue weighted by Gasteiger charge is -2.32. The largest absolute Gasteiger partial charge is 0.309 e. The molecular weight excluding hydrogens is 803 g/mol. The lowest BCUT2D eigenvalue weighted by Crippen LogP contribution is -2.18. The van der Waals surface area contributed by atoms with Gasteiger partial charge in [0.2, 0.25) is 5.95 Å². The van der Waals surface area contributed by atoms with Crippen LogP contribution >= 0.6 is 0 Å². The van der Waals surface area contributed by atoms with Crippen LogP contribution in [0.2, 0.25) is 0 Å². The van der Waals surface area contributed by atoms with E-state index in [4.69, 9.17) is 15.0 Å². The number of aromatic nitrogens is 3. The van der Waals surface area contributed by atoms with E-state index >= 15 is 0 Å². The summed E-state index contributed by atoms with van der Waals surface area (Å²) in [6, 6.07) is 70.9. The summed E-state index contributed by atoms with van der Waals surface area (Å²) in [6.07, 6.45) is 0. The van der Waals surface area contributed by atoms with Gasteiger partial charge in [0.1, 0.15) is 0 Å². The number of rotatable bonds is 10. The number of nitrogens with zero attached hydrogens (tertiary/aromatic N) is 5. The second-order valence-corrected chi connectivity index (χ2v) is 17.4. The molecule has 0 fully saturated rings. The van der Waals surface area contributed by atoms with E-state index < -0.39 is 0 Å². The first-order valence-corrected chi connectivity index (χ1v) is 22.6. The molecule has 66 heavy (non-hydrogen) atoms. The molecule has 5 nitrogen and oxygen atoms in total. The molecule has 0 radical (unpaired) electrons. The highest BCUT2D eigenvalue weighted by atomic mass is 15.3. The van der Waals surface area contributed by atoms with E-state index in [1.807, 2.05) is 6.07 Å². The maximum Gasteiger partial charge on any atom is 0.238 e. The molecule has 0 atom stereocenters. The van der Waals surface area contributed by atoms with Crippen LogP contribution in [0.3, 0.4) is 0 Å². The minimum absolute atomic E-state index is 0.511. The predicted molar refractivity (Wildman–Crippen MR) is 277 cm³/mol.